The number of hydrogen-bond donors (Lipinski definition) is 3. The fraction of sp³-hybridized carbons (Fsp3) is 0.550. The molecule has 0 spiro atoms. The van der Waals surface area contributed by atoms with Crippen molar-refractivity contribution >= 4 is 40.8 Å². The molecular formula is C20H34IN5. The maximum atomic E-state index is 4.70. The van der Waals surface area contributed by atoms with Crippen molar-refractivity contribution in [1.29, 1.82) is 0 Å². The van der Waals surface area contributed by atoms with E-state index in [9.17, 15) is 0 Å². The minimum atomic E-state index is 0. The second-order valence-electron chi connectivity index (χ2n) is 6.53. The van der Waals surface area contributed by atoms with Crippen molar-refractivity contribution in [3.05, 3.63) is 36.0 Å². The summed E-state index contributed by atoms with van der Waals surface area (Å²) in [6.45, 7) is 10.1. The number of fused-ring (bicyclic) bond motifs is 1. The maximum absolute atomic E-state index is 4.70. The van der Waals surface area contributed by atoms with E-state index in [1.807, 2.05) is 0 Å². The predicted octanol–water partition coefficient (Wildman–Crippen LogP) is 3.61. The SMILES string of the molecule is CCNC(=NCCN(C)C(C)CC)NCCc1c[nH]c2ccccc12.I. The Morgan fingerprint density at radius 3 is 2.73 bits per heavy atom. The summed E-state index contributed by atoms with van der Waals surface area (Å²) < 4.78 is 0. The third-order valence-electron chi connectivity index (χ3n) is 4.77. The number of H-pyrrole nitrogens is 1. The van der Waals surface area contributed by atoms with Gasteiger partial charge >= 0.3 is 0 Å². The van der Waals surface area contributed by atoms with Gasteiger partial charge in [-0.2, -0.15) is 0 Å². The van der Waals surface area contributed by atoms with Crippen molar-refractivity contribution in [1.82, 2.24) is 20.5 Å². The first kappa shape index (κ1) is 22.8. The van der Waals surface area contributed by atoms with Crippen LogP contribution in [0, 0.1) is 0 Å². The number of aliphatic imine (C=N–C) groups is 1. The lowest BCUT2D eigenvalue weighted by Crippen LogP contribution is -2.39. The number of nitrogens with one attached hydrogen (secondary N) is 3. The number of halogens is 1. The first-order chi connectivity index (χ1) is 12.2. The van der Waals surface area contributed by atoms with E-state index < -0.39 is 0 Å². The van der Waals surface area contributed by atoms with Crippen LogP contribution in [0.3, 0.4) is 0 Å². The molecule has 2 rings (SSSR count). The lowest BCUT2D eigenvalue weighted by Gasteiger charge is -2.22. The van der Waals surface area contributed by atoms with Gasteiger partial charge in [0.2, 0.25) is 0 Å². The van der Waals surface area contributed by atoms with Crippen LogP contribution in [0.15, 0.2) is 35.5 Å². The number of rotatable bonds is 9. The highest BCUT2D eigenvalue weighted by Gasteiger charge is 2.06. The van der Waals surface area contributed by atoms with E-state index in [-0.39, 0.29) is 24.0 Å². The first-order valence-electron chi connectivity index (χ1n) is 9.43. The Labute approximate surface area is 175 Å². The Morgan fingerprint density at radius 2 is 2.00 bits per heavy atom. The lowest BCUT2D eigenvalue weighted by molar-refractivity contribution is 0.259. The van der Waals surface area contributed by atoms with Crippen LogP contribution < -0.4 is 10.6 Å². The molecule has 0 radical (unpaired) electrons. The van der Waals surface area contributed by atoms with Crippen LogP contribution in [0.4, 0.5) is 0 Å². The van der Waals surface area contributed by atoms with Gasteiger partial charge in [0.15, 0.2) is 5.96 Å². The molecule has 0 saturated heterocycles. The molecule has 0 aliphatic carbocycles. The molecule has 0 saturated carbocycles. The Balaban J connectivity index is 0.00000338. The van der Waals surface area contributed by atoms with Gasteiger partial charge in [-0.15, -0.1) is 24.0 Å². The first-order valence-corrected chi connectivity index (χ1v) is 9.43. The molecule has 0 aliphatic heterocycles. The van der Waals surface area contributed by atoms with Crippen LogP contribution in [-0.4, -0.2) is 55.1 Å². The van der Waals surface area contributed by atoms with Gasteiger partial charge in [-0.1, -0.05) is 25.1 Å². The van der Waals surface area contributed by atoms with Crippen molar-refractivity contribution in [3.8, 4) is 0 Å². The highest BCUT2D eigenvalue weighted by atomic mass is 127. The van der Waals surface area contributed by atoms with Crippen molar-refractivity contribution in [2.45, 2.75) is 39.7 Å². The number of nitrogens with zero attached hydrogens (tertiary/aromatic N) is 2. The van der Waals surface area contributed by atoms with Gasteiger partial charge in [0, 0.05) is 42.8 Å². The summed E-state index contributed by atoms with van der Waals surface area (Å²) in [4.78, 5) is 10.4. The van der Waals surface area contributed by atoms with Gasteiger partial charge in [-0.05, 0) is 45.4 Å². The zero-order chi connectivity index (χ0) is 18.1. The van der Waals surface area contributed by atoms with Crippen LogP contribution in [0.1, 0.15) is 32.8 Å². The summed E-state index contributed by atoms with van der Waals surface area (Å²) in [5, 5.41) is 8.08. The average Bonchev–Trinajstić information content (AvgIpc) is 3.04. The van der Waals surface area contributed by atoms with E-state index in [1.54, 1.807) is 0 Å². The molecule has 1 aromatic heterocycles. The lowest BCUT2D eigenvalue weighted by atomic mass is 10.1. The second-order valence-corrected chi connectivity index (χ2v) is 6.53. The third-order valence-corrected chi connectivity index (χ3v) is 4.77. The van der Waals surface area contributed by atoms with Gasteiger partial charge in [0.05, 0.1) is 6.54 Å². The normalized spacial score (nSPS) is 12.9. The minimum absolute atomic E-state index is 0. The Bertz CT molecular complexity index is 667. The number of aromatic nitrogens is 1. The fourth-order valence-corrected chi connectivity index (χ4v) is 2.85. The van der Waals surface area contributed by atoms with Crippen LogP contribution in [0.5, 0.6) is 0 Å². The molecule has 146 valence electrons. The minimum Gasteiger partial charge on any atom is -0.361 e. The monoisotopic (exact) mass is 471 g/mol. The summed E-state index contributed by atoms with van der Waals surface area (Å²) in [6, 6.07) is 9.05. The molecule has 3 N–H and O–H groups in total. The number of aromatic amines is 1. The summed E-state index contributed by atoms with van der Waals surface area (Å²) in [7, 11) is 2.17. The summed E-state index contributed by atoms with van der Waals surface area (Å²) in [5.74, 6) is 0.903. The molecule has 1 unspecified atom stereocenters. The van der Waals surface area contributed by atoms with Crippen LogP contribution in [0.25, 0.3) is 10.9 Å². The molecule has 2 aromatic rings. The van der Waals surface area contributed by atoms with Gasteiger partial charge in [-0.25, -0.2) is 0 Å². The molecule has 0 amide bonds. The largest absolute Gasteiger partial charge is 0.361 e. The third kappa shape index (κ3) is 6.79. The molecule has 5 nitrogen and oxygen atoms in total. The van der Waals surface area contributed by atoms with E-state index >= 15 is 0 Å². The Hall–Kier alpha value is -1.28. The number of likely N-dealkylation sites (N-methyl/N-ethyl adjacent to an activating group) is 1. The average molecular weight is 471 g/mol. The van der Waals surface area contributed by atoms with Gasteiger partial charge in [0.25, 0.3) is 0 Å². The standard InChI is InChI=1S/C20H33N5.HI/c1-5-16(3)25(4)14-13-23-20(21-6-2)22-12-11-17-15-24-19-10-8-7-9-18(17)19;/h7-10,15-16,24H,5-6,11-14H2,1-4H3,(H2,21,22,23);1H. The Kier molecular flexibility index (Phi) is 10.7. The van der Waals surface area contributed by atoms with Crippen molar-refractivity contribution in [2.75, 3.05) is 33.2 Å². The van der Waals surface area contributed by atoms with Gasteiger partial charge < -0.3 is 20.5 Å². The topological polar surface area (TPSA) is 55.5 Å². The fourth-order valence-electron chi connectivity index (χ4n) is 2.85. The molecule has 26 heavy (non-hydrogen) atoms. The van der Waals surface area contributed by atoms with E-state index in [1.165, 1.54) is 22.9 Å². The number of benzene rings is 1. The van der Waals surface area contributed by atoms with Crippen LogP contribution in [0.2, 0.25) is 0 Å². The van der Waals surface area contributed by atoms with Crippen LogP contribution >= 0.6 is 24.0 Å². The maximum Gasteiger partial charge on any atom is 0.191 e. The number of guanidine groups is 1. The Morgan fingerprint density at radius 1 is 1.23 bits per heavy atom. The smallest absolute Gasteiger partial charge is 0.191 e. The summed E-state index contributed by atoms with van der Waals surface area (Å²) in [6.07, 6.45) is 4.25. The van der Waals surface area contributed by atoms with Crippen molar-refractivity contribution < 1.29 is 0 Å². The quantitative estimate of drug-likeness (QED) is 0.298. The molecule has 0 bridgehead atoms. The summed E-state index contributed by atoms with van der Waals surface area (Å²) in [5.41, 5.74) is 2.54. The van der Waals surface area contributed by atoms with E-state index in [2.05, 4.69) is 78.8 Å². The summed E-state index contributed by atoms with van der Waals surface area (Å²) >= 11 is 0. The van der Waals surface area contributed by atoms with Crippen molar-refractivity contribution in [2.24, 2.45) is 4.99 Å². The molecule has 0 fully saturated rings. The zero-order valence-electron chi connectivity index (χ0n) is 16.5. The van der Waals surface area contributed by atoms with Gasteiger partial charge in [0.1, 0.15) is 0 Å². The molecule has 6 heteroatoms. The van der Waals surface area contributed by atoms with E-state index in [0.29, 0.717) is 6.04 Å². The molecule has 1 heterocycles. The zero-order valence-corrected chi connectivity index (χ0v) is 18.8. The number of hydrogen-bond acceptors (Lipinski definition) is 2. The van der Waals surface area contributed by atoms with E-state index in [0.717, 1.165) is 38.6 Å². The molecular weight excluding hydrogens is 437 g/mol. The number of para-hydroxylation sites is 1. The van der Waals surface area contributed by atoms with E-state index in [4.69, 9.17) is 4.99 Å². The molecule has 1 atom stereocenters. The second kappa shape index (κ2) is 12.2. The predicted molar refractivity (Wildman–Crippen MR) is 124 cm³/mol. The highest BCUT2D eigenvalue weighted by molar-refractivity contribution is 14.0. The molecule has 1 aromatic carbocycles. The van der Waals surface area contributed by atoms with Gasteiger partial charge in [-0.3, -0.25) is 4.99 Å². The van der Waals surface area contributed by atoms with Crippen LogP contribution in [-0.2, 0) is 6.42 Å². The highest BCUT2D eigenvalue weighted by Crippen LogP contribution is 2.17. The molecule has 0 aliphatic rings. The van der Waals surface area contributed by atoms with Crippen molar-refractivity contribution in [3.63, 3.8) is 0 Å².